The summed E-state index contributed by atoms with van der Waals surface area (Å²) in [6, 6.07) is 6.82. The molecule has 0 saturated heterocycles. The van der Waals surface area contributed by atoms with Crippen LogP contribution in [0.2, 0.25) is 0 Å². The first kappa shape index (κ1) is 11.2. The smallest absolute Gasteiger partial charge is 0.337 e. The number of esters is 1. The highest BCUT2D eigenvalue weighted by Gasteiger charge is 2.05. The molecule has 1 rings (SSSR count). The van der Waals surface area contributed by atoms with Crippen molar-refractivity contribution in [1.82, 2.24) is 0 Å². The van der Waals surface area contributed by atoms with Gasteiger partial charge in [-0.15, -0.1) is 0 Å². The number of hydrogen-bond donors (Lipinski definition) is 1. The van der Waals surface area contributed by atoms with Crippen molar-refractivity contribution in [2.75, 3.05) is 19.0 Å². The molecule has 0 aliphatic rings. The Hall–Kier alpha value is -1.84. The lowest BCUT2D eigenvalue weighted by molar-refractivity contribution is -0.115. The van der Waals surface area contributed by atoms with Crippen molar-refractivity contribution in [3.63, 3.8) is 0 Å². The van der Waals surface area contributed by atoms with E-state index in [4.69, 9.17) is 0 Å². The monoisotopic (exact) mass is 207 g/mol. The van der Waals surface area contributed by atoms with Crippen LogP contribution in [-0.4, -0.2) is 25.4 Å². The van der Waals surface area contributed by atoms with Crippen LogP contribution in [0.25, 0.3) is 0 Å². The largest absolute Gasteiger partial charge is 0.465 e. The molecule has 80 valence electrons. The van der Waals surface area contributed by atoms with Gasteiger partial charge in [0.2, 0.25) is 0 Å². The van der Waals surface area contributed by atoms with E-state index in [1.54, 1.807) is 24.3 Å². The lowest BCUT2D eigenvalue weighted by atomic mass is 10.2. The Bertz CT molecular complexity index is 374. The van der Waals surface area contributed by atoms with E-state index in [1.165, 1.54) is 14.0 Å². The Labute approximate surface area is 88.2 Å². The van der Waals surface area contributed by atoms with Crippen molar-refractivity contribution in [2.45, 2.75) is 6.92 Å². The van der Waals surface area contributed by atoms with Crippen LogP contribution < -0.4 is 5.32 Å². The first-order valence-electron chi connectivity index (χ1n) is 4.55. The van der Waals surface area contributed by atoms with Gasteiger partial charge in [0.1, 0.15) is 5.78 Å². The molecule has 0 bridgehead atoms. The van der Waals surface area contributed by atoms with Crippen molar-refractivity contribution in [3.05, 3.63) is 29.8 Å². The molecule has 4 heteroatoms. The summed E-state index contributed by atoms with van der Waals surface area (Å²) in [4.78, 5) is 21.9. The molecule has 0 atom stereocenters. The van der Waals surface area contributed by atoms with Gasteiger partial charge in [0.05, 0.1) is 19.2 Å². The van der Waals surface area contributed by atoms with Gasteiger partial charge >= 0.3 is 5.97 Å². The average Bonchev–Trinajstić information content (AvgIpc) is 2.25. The third-order valence-electron chi connectivity index (χ3n) is 1.83. The van der Waals surface area contributed by atoms with E-state index in [0.717, 1.165) is 5.69 Å². The number of carbonyl (C=O) groups excluding carboxylic acids is 2. The molecule has 15 heavy (non-hydrogen) atoms. The molecule has 0 fully saturated rings. The maximum Gasteiger partial charge on any atom is 0.337 e. The molecule has 0 spiro atoms. The molecule has 4 nitrogen and oxygen atoms in total. The SMILES string of the molecule is COC(=O)c1cccc(NCC(C)=O)c1. The third kappa shape index (κ3) is 3.42. The molecule has 1 aromatic rings. The number of benzene rings is 1. The molecule has 0 aliphatic carbocycles. The van der Waals surface area contributed by atoms with Gasteiger partial charge in [-0.05, 0) is 25.1 Å². The number of ether oxygens (including phenoxy) is 1. The van der Waals surface area contributed by atoms with Crippen molar-refractivity contribution >= 4 is 17.4 Å². The molecule has 0 saturated carbocycles. The van der Waals surface area contributed by atoms with Crippen molar-refractivity contribution in [3.8, 4) is 0 Å². The molecule has 0 amide bonds. The number of Topliss-reactive ketones (excluding diaryl/α,β-unsaturated/α-hetero) is 1. The van der Waals surface area contributed by atoms with E-state index >= 15 is 0 Å². The van der Waals surface area contributed by atoms with Gasteiger partial charge in [0, 0.05) is 5.69 Å². The third-order valence-corrected chi connectivity index (χ3v) is 1.83. The average molecular weight is 207 g/mol. The summed E-state index contributed by atoms with van der Waals surface area (Å²) in [5.41, 5.74) is 1.19. The minimum atomic E-state index is -0.388. The topological polar surface area (TPSA) is 55.4 Å². The summed E-state index contributed by atoms with van der Waals surface area (Å²) in [6.45, 7) is 1.75. The second-order valence-electron chi connectivity index (χ2n) is 3.13. The molecule has 0 radical (unpaired) electrons. The Morgan fingerprint density at radius 1 is 1.40 bits per heavy atom. The lowest BCUT2D eigenvalue weighted by Crippen LogP contribution is -2.10. The zero-order valence-corrected chi connectivity index (χ0v) is 8.74. The van der Waals surface area contributed by atoms with E-state index in [2.05, 4.69) is 10.1 Å². The molecular formula is C11H13NO3. The first-order valence-corrected chi connectivity index (χ1v) is 4.55. The minimum absolute atomic E-state index is 0.0403. The predicted octanol–water partition coefficient (Wildman–Crippen LogP) is 1.47. The second kappa shape index (κ2) is 5.14. The molecular weight excluding hydrogens is 194 g/mol. The fourth-order valence-electron chi connectivity index (χ4n) is 1.10. The van der Waals surface area contributed by atoms with Gasteiger partial charge in [-0.25, -0.2) is 4.79 Å². The van der Waals surface area contributed by atoms with Crippen LogP contribution in [-0.2, 0) is 9.53 Å². The standard InChI is InChI=1S/C11H13NO3/c1-8(13)7-12-10-5-3-4-9(6-10)11(14)15-2/h3-6,12H,7H2,1-2H3. The van der Waals surface area contributed by atoms with Crippen LogP contribution in [0, 0.1) is 0 Å². The lowest BCUT2D eigenvalue weighted by Gasteiger charge is -2.05. The first-order chi connectivity index (χ1) is 7.13. The zero-order chi connectivity index (χ0) is 11.3. The summed E-state index contributed by atoms with van der Waals surface area (Å²) >= 11 is 0. The van der Waals surface area contributed by atoms with E-state index in [9.17, 15) is 9.59 Å². The molecule has 0 aromatic heterocycles. The summed E-state index contributed by atoms with van der Waals surface area (Å²) in [7, 11) is 1.33. The number of methoxy groups -OCH3 is 1. The van der Waals surface area contributed by atoms with Gasteiger partial charge < -0.3 is 10.1 Å². The van der Waals surface area contributed by atoms with E-state index < -0.39 is 0 Å². The summed E-state index contributed by atoms with van der Waals surface area (Å²) < 4.78 is 4.58. The van der Waals surface area contributed by atoms with E-state index in [0.29, 0.717) is 5.56 Å². The number of ketones is 1. The molecule has 1 N–H and O–H groups in total. The van der Waals surface area contributed by atoms with Gasteiger partial charge in [0.15, 0.2) is 0 Å². The van der Waals surface area contributed by atoms with Crippen LogP contribution in [0.4, 0.5) is 5.69 Å². The van der Waals surface area contributed by atoms with Crippen molar-refractivity contribution < 1.29 is 14.3 Å². The maximum absolute atomic E-state index is 11.2. The van der Waals surface area contributed by atoms with E-state index in [1.807, 2.05) is 0 Å². The number of rotatable bonds is 4. The second-order valence-corrected chi connectivity index (χ2v) is 3.13. The fraction of sp³-hybridized carbons (Fsp3) is 0.273. The van der Waals surface area contributed by atoms with E-state index in [-0.39, 0.29) is 18.3 Å². The van der Waals surface area contributed by atoms with Crippen LogP contribution in [0.15, 0.2) is 24.3 Å². The molecule has 0 unspecified atom stereocenters. The highest BCUT2D eigenvalue weighted by molar-refractivity contribution is 5.90. The zero-order valence-electron chi connectivity index (χ0n) is 8.74. The molecule has 1 aromatic carbocycles. The highest BCUT2D eigenvalue weighted by Crippen LogP contribution is 2.11. The summed E-state index contributed by atoms with van der Waals surface area (Å²) in [5.74, 6) is -0.347. The Balaban J connectivity index is 2.74. The molecule has 0 heterocycles. The Morgan fingerprint density at radius 2 is 2.13 bits per heavy atom. The van der Waals surface area contributed by atoms with Gasteiger partial charge in [0.25, 0.3) is 0 Å². The van der Waals surface area contributed by atoms with Crippen molar-refractivity contribution in [1.29, 1.82) is 0 Å². The quantitative estimate of drug-likeness (QED) is 0.760. The van der Waals surface area contributed by atoms with Gasteiger partial charge in [-0.3, -0.25) is 4.79 Å². The predicted molar refractivity (Wildman–Crippen MR) is 57.0 cm³/mol. The summed E-state index contributed by atoms with van der Waals surface area (Å²) in [6.07, 6.45) is 0. The fourth-order valence-corrected chi connectivity index (χ4v) is 1.10. The van der Waals surface area contributed by atoms with Crippen LogP contribution in [0.1, 0.15) is 17.3 Å². The normalized spacial score (nSPS) is 9.47. The summed E-state index contributed by atoms with van der Waals surface area (Å²) in [5, 5.41) is 2.91. The van der Waals surface area contributed by atoms with Gasteiger partial charge in [-0.2, -0.15) is 0 Å². The number of nitrogens with one attached hydrogen (secondary N) is 1. The Kier molecular flexibility index (Phi) is 3.85. The number of carbonyl (C=O) groups is 2. The molecule has 0 aliphatic heterocycles. The van der Waals surface area contributed by atoms with Gasteiger partial charge in [-0.1, -0.05) is 6.07 Å². The van der Waals surface area contributed by atoms with Crippen molar-refractivity contribution in [2.24, 2.45) is 0 Å². The van der Waals surface area contributed by atoms with Crippen LogP contribution >= 0.6 is 0 Å². The number of anilines is 1. The number of hydrogen-bond acceptors (Lipinski definition) is 4. The Morgan fingerprint density at radius 3 is 2.73 bits per heavy atom. The maximum atomic E-state index is 11.2. The van der Waals surface area contributed by atoms with Crippen LogP contribution in [0.3, 0.4) is 0 Å². The minimum Gasteiger partial charge on any atom is -0.465 e. The highest BCUT2D eigenvalue weighted by atomic mass is 16.5. The van der Waals surface area contributed by atoms with Crippen LogP contribution in [0.5, 0.6) is 0 Å².